The molecule has 148 valence electrons. The van der Waals surface area contributed by atoms with Gasteiger partial charge in [-0.05, 0) is 37.3 Å². The number of nitrogens with zero attached hydrogens (tertiary/aromatic N) is 2. The van der Waals surface area contributed by atoms with Crippen LogP contribution in [0.1, 0.15) is 26.4 Å². The van der Waals surface area contributed by atoms with E-state index in [-0.39, 0.29) is 5.91 Å². The van der Waals surface area contributed by atoms with Crippen LogP contribution in [0.15, 0.2) is 59.7 Å². The minimum Gasteiger partial charge on any atom is -0.488 e. The Labute approximate surface area is 182 Å². The molecule has 0 bridgehead atoms. The Morgan fingerprint density at radius 2 is 2.10 bits per heavy atom. The molecule has 1 aliphatic rings. The highest BCUT2D eigenvalue weighted by atomic mass is 35.5. The van der Waals surface area contributed by atoms with Gasteiger partial charge in [0.05, 0.1) is 16.6 Å². The van der Waals surface area contributed by atoms with Crippen molar-refractivity contribution in [2.45, 2.75) is 13.5 Å². The maximum Gasteiger partial charge on any atom is 0.281 e. The Balaban J connectivity index is 1.36. The van der Waals surface area contributed by atoms with E-state index in [2.05, 4.69) is 21.6 Å². The highest BCUT2D eigenvalue weighted by Gasteiger charge is 2.22. The Hall–Kier alpha value is -3.22. The first kappa shape index (κ1) is 18.8. The molecule has 0 saturated heterocycles. The van der Waals surface area contributed by atoms with Crippen LogP contribution in [0.25, 0.3) is 21.3 Å². The number of hydrazone groups is 1. The minimum absolute atomic E-state index is 0.273. The molecule has 2 aromatic carbocycles. The third-order valence-corrected chi connectivity index (χ3v) is 6.38. The topological polar surface area (TPSA) is 63.6 Å². The van der Waals surface area contributed by atoms with Crippen LogP contribution >= 0.6 is 22.9 Å². The predicted octanol–water partition coefficient (Wildman–Crippen LogP) is 5.58. The first-order valence-electron chi connectivity index (χ1n) is 9.34. The average molecular weight is 434 g/mol. The van der Waals surface area contributed by atoms with Crippen LogP contribution in [0.4, 0.5) is 0 Å². The number of rotatable bonds is 3. The standard InChI is InChI=1S/C23H16ClN3O2S/c1-13-6-7-19-17(8-13)21-16(12-29-19)10-20(30-21)23(28)27-25-11-15-9-14-4-2-3-5-18(14)26-22(15)24/h2-11H,12H2,1H3,(H,27,28)/b25-11+. The Morgan fingerprint density at radius 3 is 3.00 bits per heavy atom. The molecular formula is C23H16ClN3O2S. The maximum atomic E-state index is 12.6. The largest absolute Gasteiger partial charge is 0.488 e. The zero-order valence-electron chi connectivity index (χ0n) is 16.0. The number of pyridine rings is 1. The Kier molecular flexibility index (Phi) is 4.73. The van der Waals surface area contributed by atoms with E-state index in [4.69, 9.17) is 16.3 Å². The van der Waals surface area contributed by atoms with Gasteiger partial charge >= 0.3 is 0 Å². The number of thiophene rings is 1. The summed E-state index contributed by atoms with van der Waals surface area (Å²) in [4.78, 5) is 18.6. The average Bonchev–Trinajstić information content (AvgIpc) is 3.19. The van der Waals surface area contributed by atoms with Gasteiger partial charge in [0.25, 0.3) is 5.91 Å². The second kappa shape index (κ2) is 7.55. The number of benzene rings is 2. The maximum absolute atomic E-state index is 12.6. The summed E-state index contributed by atoms with van der Waals surface area (Å²) in [5, 5.41) is 5.37. The van der Waals surface area contributed by atoms with Gasteiger partial charge in [0.15, 0.2) is 0 Å². The third kappa shape index (κ3) is 3.44. The number of ether oxygens (including phenoxy) is 1. The zero-order chi connectivity index (χ0) is 20.7. The SMILES string of the molecule is Cc1ccc2c(c1)-c1sc(C(=O)N/N=C/c3cc4ccccc4nc3Cl)cc1CO2. The molecule has 0 radical (unpaired) electrons. The Bertz CT molecular complexity index is 1330. The number of amides is 1. The van der Waals surface area contributed by atoms with Crippen molar-refractivity contribution in [1.82, 2.24) is 10.4 Å². The van der Waals surface area contributed by atoms with Crippen LogP contribution in [-0.2, 0) is 6.61 Å². The van der Waals surface area contributed by atoms with Crippen molar-refractivity contribution < 1.29 is 9.53 Å². The van der Waals surface area contributed by atoms with Crippen molar-refractivity contribution in [1.29, 1.82) is 0 Å². The molecule has 7 heteroatoms. The summed E-state index contributed by atoms with van der Waals surface area (Å²) in [6.45, 7) is 2.49. The van der Waals surface area contributed by atoms with Gasteiger partial charge in [-0.2, -0.15) is 5.10 Å². The number of carbonyl (C=O) groups is 1. The van der Waals surface area contributed by atoms with E-state index in [1.807, 2.05) is 55.5 Å². The number of para-hydroxylation sites is 1. The van der Waals surface area contributed by atoms with Gasteiger partial charge < -0.3 is 4.74 Å². The van der Waals surface area contributed by atoms with E-state index in [0.717, 1.165) is 38.2 Å². The summed E-state index contributed by atoms with van der Waals surface area (Å²) in [6.07, 6.45) is 1.51. The van der Waals surface area contributed by atoms with E-state index in [1.165, 1.54) is 17.6 Å². The van der Waals surface area contributed by atoms with E-state index in [9.17, 15) is 4.79 Å². The molecule has 3 heterocycles. The van der Waals surface area contributed by atoms with Gasteiger partial charge in [0.2, 0.25) is 0 Å². The molecular weight excluding hydrogens is 418 g/mol. The second-order valence-corrected chi connectivity index (χ2v) is 8.42. The van der Waals surface area contributed by atoms with Gasteiger partial charge in [-0.25, -0.2) is 10.4 Å². The minimum atomic E-state index is -0.273. The van der Waals surface area contributed by atoms with Crippen LogP contribution in [-0.4, -0.2) is 17.1 Å². The number of fused-ring (bicyclic) bond motifs is 4. The number of hydrogen-bond acceptors (Lipinski definition) is 5. The summed E-state index contributed by atoms with van der Waals surface area (Å²) in [6, 6.07) is 17.5. The van der Waals surface area contributed by atoms with Crippen molar-refractivity contribution in [2.24, 2.45) is 5.10 Å². The van der Waals surface area contributed by atoms with Crippen LogP contribution in [0.2, 0.25) is 5.15 Å². The molecule has 0 atom stereocenters. The summed E-state index contributed by atoms with van der Waals surface area (Å²) < 4.78 is 5.81. The summed E-state index contributed by atoms with van der Waals surface area (Å²) in [5.74, 6) is 0.572. The highest BCUT2D eigenvalue weighted by Crippen LogP contribution is 2.42. The summed E-state index contributed by atoms with van der Waals surface area (Å²) in [5.41, 5.74) is 7.21. The molecule has 0 spiro atoms. The Morgan fingerprint density at radius 1 is 1.23 bits per heavy atom. The predicted molar refractivity (Wildman–Crippen MR) is 121 cm³/mol. The van der Waals surface area contributed by atoms with Gasteiger partial charge in [-0.3, -0.25) is 4.79 Å². The van der Waals surface area contributed by atoms with Crippen molar-refractivity contribution in [3.05, 3.63) is 81.3 Å². The van der Waals surface area contributed by atoms with E-state index < -0.39 is 0 Å². The molecule has 1 amide bonds. The summed E-state index contributed by atoms with van der Waals surface area (Å²) >= 11 is 7.68. The normalized spacial score (nSPS) is 12.5. The van der Waals surface area contributed by atoms with Crippen molar-refractivity contribution in [2.75, 3.05) is 0 Å². The number of halogens is 1. The molecule has 1 N–H and O–H groups in total. The molecule has 5 rings (SSSR count). The zero-order valence-corrected chi connectivity index (χ0v) is 17.6. The quantitative estimate of drug-likeness (QED) is 0.260. The first-order valence-corrected chi connectivity index (χ1v) is 10.5. The number of carbonyl (C=O) groups excluding carboxylic acids is 1. The lowest BCUT2D eigenvalue weighted by molar-refractivity contribution is 0.0959. The van der Waals surface area contributed by atoms with Gasteiger partial charge in [-0.15, -0.1) is 11.3 Å². The molecule has 4 aromatic rings. The van der Waals surface area contributed by atoms with Crippen LogP contribution in [0.5, 0.6) is 5.75 Å². The van der Waals surface area contributed by atoms with E-state index in [0.29, 0.717) is 22.2 Å². The van der Waals surface area contributed by atoms with Crippen LogP contribution < -0.4 is 10.2 Å². The van der Waals surface area contributed by atoms with Crippen molar-refractivity contribution in [3.63, 3.8) is 0 Å². The molecule has 0 fully saturated rings. The fourth-order valence-corrected chi connectivity index (χ4v) is 4.67. The van der Waals surface area contributed by atoms with Crippen molar-refractivity contribution >= 4 is 46.0 Å². The monoisotopic (exact) mass is 433 g/mol. The van der Waals surface area contributed by atoms with Crippen LogP contribution in [0.3, 0.4) is 0 Å². The number of hydrogen-bond donors (Lipinski definition) is 1. The smallest absolute Gasteiger partial charge is 0.281 e. The molecule has 30 heavy (non-hydrogen) atoms. The summed E-state index contributed by atoms with van der Waals surface area (Å²) in [7, 11) is 0. The van der Waals surface area contributed by atoms with Gasteiger partial charge in [0, 0.05) is 27.0 Å². The van der Waals surface area contributed by atoms with Crippen LogP contribution in [0, 0.1) is 6.92 Å². The molecule has 2 aromatic heterocycles. The lowest BCUT2D eigenvalue weighted by Gasteiger charge is -2.17. The number of aryl methyl sites for hydroxylation is 1. The first-order chi connectivity index (χ1) is 14.6. The molecule has 0 aliphatic carbocycles. The van der Waals surface area contributed by atoms with Gasteiger partial charge in [0.1, 0.15) is 17.5 Å². The van der Waals surface area contributed by atoms with E-state index in [1.54, 1.807) is 0 Å². The number of aromatic nitrogens is 1. The molecule has 5 nitrogen and oxygen atoms in total. The fourth-order valence-electron chi connectivity index (χ4n) is 3.39. The number of nitrogens with one attached hydrogen (secondary N) is 1. The van der Waals surface area contributed by atoms with Crippen molar-refractivity contribution in [3.8, 4) is 16.2 Å². The lowest BCUT2D eigenvalue weighted by atomic mass is 10.0. The van der Waals surface area contributed by atoms with Gasteiger partial charge in [-0.1, -0.05) is 41.4 Å². The van der Waals surface area contributed by atoms with E-state index >= 15 is 0 Å². The second-order valence-electron chi connectivity index (χ2n) is 7.01. The fraction of sp³-hybridized carbons (Fsp3) is 0.0870. The lowest BCUT2D eigenvalue weighted by Crippen LogP contribution is -2.16. The molecule has 0 unspecified atom stereocenters. The molecule has 1 aliphatic heterocycles. The molecule has 0 saturated carbocycles. The highest BCUT2D eigenvalue weighted by molar-refractivity contribution is 7.17. The third-order valence-electron chi connectivity index (χ3n) is 4.87.